The van der Waals surface area contributed by atoms with Gasteiger partial charge < -0.3 is 5.32 Å². The van der Waals surface area contributed by atoms with Crippen molar-refractivity contribution in [3.63, 3.8) is 0 Å². The third-order valence-corrected chi connectivity index (χ3v) is 2.47. The van der Waals surface area contributed by atoms with Gasteiger partial charge in [0.15, 0.2) is 0 Å². The highest BCUT2D eigenvalue weighted by molar-refractivity contribution is 14.1. The first kappa shape index (κ1) is 14.3. The van der Waals surface area contributed by atoms with Gasteiger partial charge in [-0.3, -0.25) is 0 Å². The number of hydrogen-bond acceptors (Lipinski definition) is 3. The Bertz CT molecular complexity index is 548. The maximum Gasteiger partial charge on any atom is 0.416 e. The summed E-state index contributed by atoms with van der Waals surface area (Å²) in [7, 11) is 0. The number of alkyl halides is 3. The molecule has 0 amide bonds. The summed E-state index contributed by atoms with van der Waals surface area (Å²) in [6, 6.07) is 6.57. The van der Waals surface area contributed by atoms with Crippen LogP contribution in [0, 0.1) is 26.2 Å². The molecule has 0 aliphatic rings. The third-order valence-electron chi connectivity index (χ3n) is 1.85. The molecule has 0 spiro atoms. The highest BCUT2D eigenvalue weighted by Crippen LogP contribution is 2.32. The Hall–Kier alpha value is -1.74. The smallest absolute Gasteiger partial charge is 0.360 e. The minimum Gasteiger partial charge on any atom is -0.360 e. The molecule has 0 atom stereocenters. The van der Waals surface area contributed by atoms with E-state index < -0.39 is 11.7 Å². The number of allylic oxidation sites excluding steroid dienone is 1. The minimum atomic E-state index is -4.44. The van der Waals surface area contributed by atoms with Gasteiger partial charge in [0.25, 0.3) is 0 Å². The first-order valence-corrected chi connectivity index (χ1v) is 5.59. The zero-order chi connectivity index (χ0) is 13.8. The van der Waals surface area contributed by atoms with E-state index in [1.807, 2.05) is 0 Å². The van der Waals surface area contributed by atoms with Crippen LogP contribution in [0.25, 0.3) is 0 Å². The van der Waals surface area contributed by atoms with Gasteiger partial charge in [0.2, 0.25) is 0 Å². The van der Waals surface area contributed by atoms with E-state index in [0.29, 0.717) is 3.57 Å². The van der Waals surface area contributed by atoms with Crippen molar-refractivity contribution in [2.45, 2.75) is 6.18 Å². The summed E-state index contributed by atoms with van der Waals surface area (Å²) in [5.74, 6) is 0. The molecule has 0 aliphatic carbocycles. The summed E-state index contributed by atoms with van der Waals surface area (Å²) >= 11 is 1.76. The van der Waals surface area contributed by atoms with Gasteiger partial charge in [-0.15, -0.1) is 0 Å². The van der Waals surface area contributed by atoms with E-state index >= 15 is 0 Å². The molecular weight excluding hydrogens is 358 g/mol. The Balaban J connectivity index is 3.06. The number of halogens is 4. The van der Waals surface area contributed by atoms with E-state index in [2.05, 4.69) is 5.32 Å². The fourth-order valence-corrected chi connectivity index (χ4v) is 1.75. The molecule has 1 aromatic rings. The standard InChI is InChI=1S/C11H5F3IN3/c12-11(13,14)8-1-9(15)3-10(2-8)18-6-7(4-16)5-17/h1-3,6,18H. The summed E-state index contributed by atoms with van der Waals surface area (Å²) < 4.78 is 38.0. The van der Waals surface area contributed by atoms with Crippen LogP contribution in [-0.2, 0) is 6.18 Å². The summed E-state index contributed by atoms with van der Waals surface area (Å²) in [5.41, 5.74) is -0.847. The van der Waals surface area contributed by atoms with E-state index in [4.69, 9.17) is 10.5 Å². The molecule has 0 bridgehead atoms. The van der Waals surface area contributed by atoms with Gasteiger partial charge in [-0.1, -0.05) is 0 Å². The van der Waals surface area contributed by atoms with Crippen molar-refractivity contribution in [1.82, 2.24) is 0 Å². The molecule has 0 saturated heterocycles. The maximum atomic E-state index is 12.5. The Morgan fingerprint density at radius 2 is 1.83 bits per heavy atom. The van der Waals surface area contributed by atoms with Gasteiger partial charge in [0.05, 0.1) is 5.56 Å². The average molecular weight is 363 g/mol. The molecule has 1 aromatic carbocycles. The molecule has 1 rings (SSSR count). The van der Waals surface area contributed by atoms with Crippen LogP contribution >= 0.6 is 22.6 Å². The lowest BCUT2D eigenvalue weighted by atomic mass is 10.2. The summed E-state index contributed by atoms with van der Waals surface area (Å²) in [5, 5.41) is 19.4. The van der Waals surface area contributed by atoms with Crippen LogP contribution in [0.15, 0.2) is 30.0 Å². The second kappa shape index (κ2) is 5.74. The minimum absolute atomic E-state index is 0.164. The largest absolute Gasteiger partial charge is 0.416 e. The molecule has 0 aliphatic heterocycles. The van der Waals surface area contributed by atoms with E-state index in [-0.39, 0.29) is 11.3 Å². The van der Waals surface area contributed by atoms with E-state index in [9.17, 15) is 13.2 Å². The molecular formula is C11H5F3IN3. The Morgan fingerprint density at radius 3 is 2.33 bits per heavy atom. The van der Waals surface area contributed by atoms with Gasteiger partial charge in [-0.2, -0.15) is 23.7 Å². The first-order valence-electron chi connectivity index (χ1n) is 4.51. The number of hydrogen-bond donors (Lipinski definition) is 1. The van der Waals surface area contributed by atoms with Crippen LogP contribution < -0.4 is 5.32 Å². The maximum absolute atomic E-state index is 12.5. The number of benzene rings is 1. The molecule has 0 heterocycles. The number of nitrogens with zero attached hydrogens (tertiary/aromatic N) is 2. The fourth-order valence-electron chi connectivity index (χ4n) is 1.08. The van der Waals surface area contributed by atoms with Gasteiger partial charge >= 0.3 is 6.18 Å². The summed E-state index contributed by atoms with van der Waals surface area (Å²) in [6.07, 6.45) is -3.37. The van der Waals surface area contributed by atoms with Crippen molar-refractivity contribution < 1.29 is 13.2 Å². The van der Waals surface area contributed by atoms with Gasteiger partial charge in [-0.05, 0) is 40.8 Å². The van der Waals surface area contributed by atoms with Crippen LogP contribution in [0.5, 0.6) is 0 Å². The van der Waals surface area contributed by atoms with Crippen molar-refractivity contribution in [3.8, 4) is 12.1 Å². The van der Waals surface area contributed by atoms with Crippen LogP contribution in [0.1, 0.15) is 5.56 Å². The van der Waals surface area contributed by atoms with E-state index in [1.54, 1.807) is 34.7 Å². The molecule has 0 aromatic heterocycles. The van der Waals surface area contributed by atoms with Gasteiger partial charge in [0, 0.05) is 15.5 Å². The average Bonchev–Trinajstić information content (AvgIpc) is 2.28. The molecule has 0 fully saturated rings. The highest BCUT2D eigenvalue weighted by atomic mass is 127. The van der Waals surface area contributed by atoms with Gasteiger partial charge in [0.1, 0.15) is 17.7 Å². The Labute approximate surface area is 115 Å². The molecule has 0 unspecified atom stereocenters. The number of nitrogens with one attached hydrogen (secondary N) is 1. The molecule has 92 valence electrons. The zero-order valence-electron chi connectivity index (χ0n) is 8.72. The van der Waals surface area contributed by atoms with Crippen molar-refractivity contribution in [2.24, 2.45) is 0 Å². The third kappa shape index (κ3) is 3.93. The molecule has 3 nitrogen and oxygen atoms in total. The predicted octanol–water partition coefficient (Wildman–Crippen LogP) is 3.65. The van der Waals surface area contributed by atoms with E-state index in [1.165, 1.54) is 6.07 Å². The van der Waals surface area contributed by atoms with Crippen molar-refractivity contribution in [2.75, 3.05) is 5.32 Å². The van der Waals surface area contributed by atoms with Crippen LogP contribution in [0.4, 0.5) is 18.9 Å². The number of nitriles is 2. The number of anilines is 1. The topological polar surface area (TPSA) is 59.6 Å². The van der Waals surface area contributed by atoms with E-state index in [0.717, 1.165) is 18.3 Å². The SMILES string of the molecule is N#CC(C#N)=CNc1cc(I)cc(C(F)(F)F)c1. The van der Waals surface area contributed by atoms with Crippen molar-refractivity contribution in [1.29, 1.82) is 10.5 Å². The predicted molar refractivity (Wildman–Crippen MR) is 67.1 cm³/mol. The lowest BCUT2D eigenvalue weighted by Gasteiger charge is -2.09. The molecule has 1 N–H and O–H groups in total. The van der Waals surface area contributed by atoms with Crippen molar-refractivity contribution >= 4 is 28.3 Å². The second-order valence-electron chi connectivity index (χ2n) is 3.15. The normalized spacial score (nSPS) is 10.1. The van der Waals surface area contributed by atoms with Crippen molar-refractivity contribution in [3.05, 3.63) is 39.1 Å². The fraction of sp³-hybridized carbons (Fsp3) is 0.0909. The lowest BCUT2D eigenvalue weighted by molar-refractivity contribution is -0.137. The number of rotatable bonds is 2. The summed E-state index contributed by atoms with van der Waals surface area (Å²) in [6.45, 7) is 0. The molecule has 18 heavy (non-hydrogen) atoms. The highest BCUT2D eigenvalue weighted by Gasteiger charge is 2.30. The Kier molecular flexibility index (Phi) is 4.56. The zero-order valence-corrected chi connectivity index (χ0v) is 10.9. The molecule has 0 radical (unpaired) electrons. The Morgan fingerprint density at radius 1 is 1.22 bits per heavy atom. The molecule has 7 heteroatoms. The lowest BCUT2D eigenvalue weighted by Crippen LogP contribution is -2.06. The summed E-state index contributed by atoms with van der Waals surface area (Å²) in [4.78, 5) is 0. The van der Waals surface area contributed by atoms with Crippen LogP contribution in [0.2, 0.25) is 0 Å². The van der Waals surface area contributed by atoms with Gasteiger partial charge in [-0.25, -0.2) is 0 Å². The van der Waals surface area contributed by atoms with Crippen LogP contribution in [0.3, 0.4) is 0 Å². The second-order valence-corrected chi connectivity index (χ2v) is 4.40. The molecule has 0 saturated carbocycles. The quantitative estimate of drug-likeness (QED) is 0.645. The monoisotopic (exact) mass is 363 g/mol. The first-order chi connectivity index (χ1) is 8.36. The van der Waals surface area contributed by atoms with Crippen LogP contribution in [-0.4, -0.2) is 0 Å².